The maximum absolute atomic E-state index is 11.1. The number of carboxylic acid groups (broad SMARTS) is 1. The number of aromatic nitrogens is 1. The summed E-state index contributed by atoms with van der Waals surface area (Å²) in [6.07, 6.45) is 9.15. The molecule has 0 amide bonds. The molecule has 1 aromatic heterocycles. The summed E-state index contributed by atoms with van der Waals surface area (Å²) in [6.45, 7) is 3.32. The van der Waals surface area contributed by atoms with Gasteiger partial charge in [0.1, 0.15) is 17.3 Å². The zero-order valence-corrected chi connectivity index (χ0v) is 21.1. The fraction of sp³-hybridized carbons (Fsp3) is 0.467. The number of carbonyl (C=O) groups is 1. The van der Waals surface area contributed by atoms with Crippen molar-refractivity contribution in [3.8, 4) is 23.0 Å². The monoisotopic (exact) mass is 489 g/mol. The number of carboxylic acids is 1. The normalized spacial score (nSPS) is 16.4. The average molecular weight is 490 g/mol. The van der Waals surface area contributed by atoms with Gasteiger partial charge in [0.25, 0.3) is 0 Å². The van der Waals surface area contributed by atoms with Gasteiger partial charge >= 0.3 is 5.97 Å². The lowest BCUT2D eigenvalue weighted by Gasteiger charge is -2.13. The predicted octanol–water partition coefficient (Wildman–Crippen LogP) is 6.53. The highest BCUT2D eigenvalue weighted by atomic mass is 16.5. The lowest BCUT2D eigenvalue weighted by atomic mass is 9.98. The molecule has 0 unspecified atom stereocenters. The lowest BCUT2D eigenvalue weighted by Crippen LogP contribution is -2.07. The third kappa shape index (κ3) is 5.58. The summed E-state index contributed by atoms with van der Waals surface area (Å²) >= 11 is 0. The number of hydrogen-bond acceptors (Lipinski definition) is 5. The Balaban J connectivity index is 1.14. The first-order valence-electron chi connectivity index (χ1n) is 13.3. The zero-order chi connectivity index (χ0) is 24.9. The van der Waals surface area contributed by atoms with Crippen molar-refractivity contribution in [2.45, 2.75) is 77.0 Å². The van der Waals surface area contributed by atoms with Crippen LogP contribution in [0.2, 0.25) is 0 Å². The smallest absolute Gasteiger partial charge is 0.303 e. The van der Waals surface area contributed by atoms with Gasteiger partial charge in [-0.2, -0.15) is 0 Å². The van der Waals surface area contributed by atoms with Crippen molar-refractivity contribution in [2.75, 3.05) is 13.2 Å². The van der Waals surface area contributed by atoms with E-state index in [0.29, 0.717) is 13.2 Å². The fourth-order valence-corrected chi connectivity index (χ4v) is 5.42. The SMILES string of the molecule is CCCc1cc(-c2nc3c(o2)CCCC3)ccc1OCCCOc1ccc2c(c1)CC[C@H]2CC(=O)O. The number of nitrogens with zero attached hydrogens (tertiary/aromatic N) is 1. The van der Waals surface area contributed by atoms with Crippen molar-refractivity contribution in [2.24, 2.45) is 0 Å². The zero-order valence-electron chi connectivity index (χ0n) is 21.1. The Morgan fingerprint density at radius 3 is 2.78 bits per heavy atom. The molecule has 2 aliphatic rings. The van der Waals surface area contributed by atoms with Gasteiger partial charge in [0.15, 0.2) is 0 Å². The Morgan fingerprint density at radius 2 is 1.94 bits per heavy atom. The first-order chi connectivity index (χ1) is 17.6. The van der Waals surface area contributed by atoms with Crippen molar-refractivity contribution < 1.29 is 23.8 Å². The summed E-state index contributed by atoms with van der Waals surface area (Å²) in [5.74, 6) is 2.92. The molecule has 0 spiro atoms. The molecule has 5 rings (SSSR count). The van der Waals surface area contributed by atoms with E-state index in [1.54, 1.807) is 0 Å². The number of fused-ring (bicyclic) bond motifs is 2. The van der Waals surface area contributed by atoms with Gasteiger partial charge in [-0.15, -0.1) is 0 Å². The van der Waals surface area contributed by atoms with Crippen LogP contribution in [0.4, 0.5) is 0 Å². The van der Waals surface area contributed by atoms with Crippen LogP contribution in [0.25, 0.3) is 11.5 Å². The summed E-state index contributed by atoms with van der Waals surface area (Å²) in [7, 11) is 0. The summed E-state index contributed by atoms with van der Waals surface area (Å²) in [6, 6.07) is 12.3. The van der Waals surface area contributed by atoms with Crippen molar-refractivity contribution in [3.63, 3.8) is 0 Å². The number of ether oxygens (including phenoxy) is 2. The van der Waals surface area contributed by atoms with Gasteiger partial charge in [-0.3, -0.25) is 4.79 Å². The van der Waals surface area contributed by atoms with Gasteiger partial charge in [-0.05, 0) is 91.5 Å². The lowest BCUT2D eigenvalue weighted by molar-refractivity contribution is -0.137. The molecule has 190 valence electrons. The number of benzene rings is 2. The van der Waals surface area contributed by atoms with E-state index in [4.69, 9.17) is 24.0 Å². The van der Waals surface area contributed by atoms with Crippen molar-refractivity contribution in [3.05, 3.63) is 64.5 Å². The quantitative estimate of drug-likeness (QED) is 0.309. The Morgan fingerprint density at radius 1 is 1.08 bits per heavy atom. The third-order valence-corrected chi connectivity index (χ3v) is 7.22. The molecule has 2 aromatic carbocycles. The van der Waals surface area contributed by atoms with E-state index in [1.807, 2.05) is 24.3 Å². The van der Waals surface area contributed by atoms with E-state index in [1.165, 1.54) is 24.0 Å². The molecular weight excluding hydrogens is 454 g/mol. The molecule has 36 heavy (non-hydrogen) atoms. The molecule has 6 heteroatoms. The fourth-order valence-electron chi connectivity index (χ4n) is 5.42. The van der Waals surface area contributed by atoms with Crippen LogP contribution < -0.4 is 9.47 Å². The number of hydrogen-bond donors (Lipinski definition) is 1. The average Bonchev–Trinajstić information content (AvgIpc) is 3.48. The molecule has 3 aromatic rings. The summed E-state index contributed by atoms with van der Waals surface area (Å²) in [5.41, 5.74) is 5.69. The third-order valence-electron chi connectivity index (χ3n) is 7.22. The van der Waals surface area contributed by atoms with E-state index in [2.05, 4.69) is 19.1 Å². The van der Waals surface area contributed by atoms with Gasteiger partial charge in [0.05, 0.1) is 25.3 Å². The van der Waals surface area contributed by atoms with Crippen LogP contribution in [0, 0.1) is 0 Å². The maximum atomic E-state index is 11.1. The van der Waals surface area contributed by atoms with Gasteiger partial charge in [0, 0.05) is 18.4 Å². The Labute approximate surface area is 212 Å². The summed E-state index contributed by atoms with van der Waals surface area (Å²) < 4.78 is 18.2. The molecule has 0 fully saturated rings. The Kier molecular flexibility index (Phi) is 7.59. The first-order valence-corrected chi connectivity index (χ1v) is 13.3. The van der Waals surface area contributed by atoms with Crippen LogP contribution in [0.1, 0.15) is 79.5 Å². The van der Waals surface area contributed by atoms with Crippen molar-refractivity contribution in [1.82, 2.24) is 4.98 Å². The summed E-state index contributed by atoms with van der Waals surface area (Å²) in [4.78, 5) is 15.8. The molecule has 1 atom stereocenters. The number of aryl methyl sites for hydroxylation is 4. The topological polar surface area (TPSA) is 81.8 Å². The molecular formula is C30H35NO5. The minimum Gasteiger partial charge on any atom is -0.493 e. The second kappa shape index (κ2) is 11.2. The second-order valence-electron chi connectivity index (χ2n) is 9.91. The molecule has 0 saturated heterocycles. The molecule has 0 aliphatic heterocycles. The molecule has 1 heterocycles. The van der Waals surface area contributed by atoms with Gasteiger partial charge in [-0.1, -0.05) is 19.4 Å². The highest BCUT2D eigenvalue weighted by Gasteiger charge is 2.25. The largest absolute Gasteiger partial charge is 0.493 e. The van der Waals surface area contributed by atoms with E-state index in [0.717, 1.165) is 84.9 Å². The van der Waals surface area contributed by atoms with Crippen molar-refractivity contribution in [1.29, 1.82) is 0 Å². The van der Waals surface area contributed by atoms with Crippen LogP contribution in [0.15, 0.2) is 40.8 Å². The maximum Gasteiger partial charge on any atom is 0.303 e. The van der Waals surface area contributed by atoms with Gasteiger partial charge < -0.3 is 19.0 Å². The van der Waals surface area contributed by atoms with Crippen LogP contribution in [-0.2, 0) is 30.5 Å². The minimum atomic E-state index is -0.735. The van der Waals surface area contributed by atoms with Gasteiger partial charge in [0.2, 0.25) is 5.89 Å². The highest BCUT2D eigenvalue weighted by molar-refractivity contribution is 5.68. The standard InChI is InChI=1S/C30H35NO5/c1-2-6-22-17-23(30-31-26-7-3-4-8-28(26)36-30)11-14-27(22)35-16-5-15-34-24-12-13-25-20(18-24)9-10-21(25)19-29(32)33/h11-14,17-18,21H,2-10,15-16,19H2,1H3,(H,32,33)/t21-/m0/s1. The van der Waals surface area contributed by atoms with E-state index in [-0.39, 0.29) is 12.3 Å². The van der Waals surface area contributed by atoms with Gasteiger partial charge in [-0.25, -0.2) is 4.98 Å². The highest BCUT2D eigenvalue weighted by Crippen LogP contribution is 2.37. The molecule has 2 aliphatic carbocycles. The van der Waals surface area contributed by atoms with E-state index < -0.39 is 5.97 Å². The number of aliphatic carboxylic acids is 1. The molecule has 0 radical (unpaired) electrons. The molecule has 0 saturated carbocycles. The molecule has 6 nitrogen and oxygen atoms in total. The van der Waals surface area contributed by atoms with Crippen LogP contribution >= 0.6 is 0 Å². The first kappa shape index (κ1) is 24.4. The van der Waals surface area contributed by atoms with Crippen LogP contribution in [0.5, 0.6) is 11.5 Å². The predicted molar refractivity (Wildman–Crippen MR) is 138 cm³/mol. The van der Waals surface area contributed by atoms with Crippen LogP contribution in [-0.4, -0.2) is 29.3 Å². The summed E-state index contributed by atoms with van der Waals surface area (Å²) in [5, 5.41) is 9.10. The minimum absolute atomic E-state index is 0.123. The molecule has 1 N–H and O–H groups in total. The molecule has 0 bridgehead atoms. The second-order valence-corrected chi connectivity index (χ2v) is 9.91. The van der Waals surface area contributed by atoms with E-state index >= 15 is 0 Å². The number of rotatable bonds is 11. The Bertz CT molecular complexity index is 1190. The van der Waals surface area contributed by atoms with E-state index in [9.17, 15) is 4.79 Å². The Hall–Kier alpha value is -3.28. The van der Waals surface area contributed by atoms with Crippen molar-refractivity contribution >= 4 is 5.97 Å². The number of oxazole rings is 1. The van der Waals surface area contributed by atoms with Crippen LogP contribution in [0.3, 0.4) is 0 Å².